The Kier molecular flexibility index (Phi) is 2.98. The minimum atomic E-state index is 0.555. The van der Waals surface area contributed by atoms with Crippen LogP contribution in [0.5, 0.6) is 0 Å². The van der Waals surface area contributed by atoms with Gasteiger partial charge in [-0.05, 0) is 25.6 Å². The van der Waals surface area contributed by atoms with Crippen LogP contribution in [0.25, 0.3) is 10.9 Å². The van der Waals surface area contributed by atoms with Crippen molar-refractivity contribution in [3.63, 3.8) is 0 Å². The number of aromatic amines is 1. The smallest absolute Gasteiger partial charge is 0.0738 e. The Bertz CT molecular complexity index is 462. The molecule has 0 saturated heterocycles. The highest BCUT2D eigenvalue weighted by Crippen LogP contribution is 2.22. The molecule has 0 saturated carbocycles. The van der Waals surface area contributed by atoms with Crippen molar-refractivity contribution in [2.45, 2.75) is 13.5 Å². The van der Waals surface area contributed by atoms with Crippen molar-refractivity contribution >= 4 is 22.5 Å². The Labute approximate surface area is 94.8 Å². The van der Waals surface area contributed by atoms with Gasteiger partial charge in [-0.3, -0.25) is 4.90 Å². The summed E-state index contributed by atoms with van der Waals surface area (Å²) in [6.07, 6.45) is 0. The Morgan fingerprint density at radius 2 is 2.07 bits per heavy atom. The summed E-state index contributed by atoms with van der Waals surface area (Å²) >= 11 is 5.79. The van der Waals surface area contributed by atoms with E-state index in [4.69, 9.17) is 11.6 Å². The summed E-state index contributed by atoms with van der Waals surface area (Å²) in [6.45, 7) is 3.00. The molecule has 1 N–H and O–H groups in total. The number of benzene rings is 1. The molecule has 80 valence electrons. The largest absolute Gasteiger partial charge is 0.358 e. The molecule has 3 heteroatoms. The summed E-state index contributed by atoms with van der Waals surface area (Å²) in [4.78, 5) is 5.47. The van der Waals surface area contributed by atoms with Crippen LogP contribution in [0, 0.1) is 6.92 Å². The molecule has 2 nitrogen and oxygen atoms in total. The highest BCUT2D eigenvalue weighted by molar-refractivity contribution is 6.17. The minimum absolute atomic E-state index is 0.555. The summed E-state index contributed by atoms with van der Waals surface area (Å²) < 4.78 is 0. The number of hydrogen-bond acceptors (Lipinski definition) is 1. The van der Waals surface area contributed by atoms with E-state index in [0.717, 1.165) is 6.54 Å². The van der Waals surface area contributed by atoms with Crippen molar-refractivity contribution in [1.82, 2.24) is 9.88 Å². The second-order valence-corrected chi connectivity index (χ2v) is 4.15. The van der Waals surface area contributed by atoms with E-state index >= 15 is 0 Å². The number of alkyl halides is 1. The van der Waals surface area contributed by atoms with Crippen molar-refractivity contribution in [3.05, 3.63) is 35.5 Å². The Balaban J connectivity index is 2.45. The van der Waals surface area contributed by atoms with Gasteiger partial charge in [0.15, 0.2) is 0 Å². The van der Waals surface area contributed by atoms with E-state index in [0.29, 0.717) is 6.00 Å². The number of aromatic nitrogens is 1. The van der Waals surface area contributed by atoms with Crippen molar-refractivity contribution in [3.8, 4) is 0 Å². The number of fused-ring (bicyclic) bond motifs is 1. The van der Waals surface area contributed by atoms with Gasteiger partial charge in [-0.15, -0.1) is 11.6 Å². The molecule has 0 bridgehead atoms. The lowest BCUT2D eigenvalue weighted by Crippen LogP contribution is -2.15. The number of halogens is 1. The molecule has 0 aliphatic carbocycles. The van der Waals surface area contributed by atoms with Crippen LogP contribution in [0.1, 0.15) is 11.3 Å². The monoisotopic (exact) mass is 222 g/mol. The molecule has 1 heterocycles. The summed E-state index contributed by atoms with van der Waals surface area (Å²) in [7, 11) is 2.02. The van der Waals surface area contributed by atoms with Gasteiger partial charge in [-0.1, -0.05) is 18.2 Å². The highest BCUT2D eigenvalue weighted by atomic mass is 35.5. The molecular formula is C12H15ClN2. The molecule has 0 atom stereocenters. The van der Waals surface area contributed by atoms with Crippen molar-refractivity contribution in [1.29, 1.82) is 0 Å². The Morgan fingerprint density at radius 3 is 2.80 bits per heavy atom. The molecule has 0 radical (unpaired) electrons. The van der Waals surface area contributed by atoms with Crippen LogP contribution in [0.4, 0.5) is 0 Å². The first kappa shape index (κ1) is 10.5. The van der Waals surface area contributed by atoms with Crippen LogP contribution in [-0.2, 0) is 6.54 Å². The third-order valence-electron chi connectivity index (χ3n) is 2.66. The predicted molar refractivity (Wildman–Crippen MR) is 65.2 cm³/mol. The van der Waals surface area contributed by atoms with Gasteiger partial charge in [-0.2, -0.15) is 0 Å². The van der Waals surface area contributed by atoms with E-state index in [1.54, 1.807) is 0 Å². The van der Waals surface area contributed by atoms with Crippen LogP contribution >= 0.6 is 11.6 Å². The summed E-state index contributed by atoms with van der Waals surface area (Å²) in [5, 5.41) is 1.30. The number of hydrogen-bond donors (Lipinski definition) is 1. The van der Waals surface area contributed by atoms with Gasteiger partial charge < -0.3 is 4.98 Å². The molecule has 2 aromatic rings. The Morgan fingerprint density at radius 1 is 1.33 bits per heavy atom. The maximum absolute atomic E-state index is 5.79. The third kappa shape index (κ3) is 2.01. The van der Waals surface area contributed by atoms with E-state index in [1.165, 1.54) is 22.2 Å². The number of nitrogens with zero attached hydrogens (tertiary/aromatic N) is 1. The third-order valence-corrected chi connectivity index (χ3v) is 3.07. The lowest BCUT2D eigenvalue weighted by Gasteiger charge is -2.12. The van der Waals surface area contributed by atoms with Gasteiger partial charge in [0.05, 0.1) is 6.00 Å². The van der Waals surface area contributed by atoms with E-state index < -0.39 is 0 Å². The number of H-pyrrole nitrogens is 1. The average Bonchev–Trinajstić information content (AvgIpc) is 2.55. The normalized spacial score (nSPS) is 11.5. The van der Waals surface area contributed by atoms with Crippen LogP contribution in [0.15, 0.2) is 24.3 Å². The van der Waals surface area contributed by atoms with Gasteiger partial charge in [0.1, 0.15) is 0 Å². The number of para-hydroxylation sites is 1. The number of aryl methyl sites for hydroxylation is 1. The molecule has 15 heavy (non-hydrogen) atoms. The van der Waals surface area contributed by atoms with Crippen molar-refractivity contribution in [2.24, 2.45) is 0 Å². The molecule has 0 fully saturated rings. The summed E-state index contributed by atoms with van der Waals surface area (Å²) in [5.41, 5.74) is 3.77. The number of rotatable bonds is 3. The fourth-order valence-corrected chi connectivity index (χ4v) is 1.94. The van der Waals surface area contributed by atoms with E-state index in [1.807, 2.05) is 13.1 Å². The SMILES string of the molecule is Cc1[nH]c2ccccc2c1CN(C)CCl. The van der Waals surface area contributed by atoms with Crippen LogP contribution in [0.2, 0.25) is 0 Å². The second kappa shape index (κ2) is 4.25. The quantitative estimate of drug-likeness (QED) is 0.625. The highest BCUT2D eigenvalue weighted by Gasteiger charge is 2.09. The molecule has 1 aromatic heterocycles. The minimum Gasteiger partial charge on any atom is -0.358 e. The maximum Gasteiger partial charge on any atom is 0.0738 e. The average molecular weight is 223 g/mol. The lowest BCUT2D eigenvalue weighted by molar-refractivity contribution is 0.383. The van der Waals surface area contributed by atoms with E-state index in [9.17, 15) is 0 Å². The van der Waals surface area contributed by atoms with Gasteiger partial charge in [-0.25, -0.2) is 0 Å². The zero-order valence-electron chi connectivity index (χ0n) is 9.05. The standard InChI is InChI=1S/C12H15ClN2/c1-9-11(7-15(2)8-13)10-5-3-4-6-12(10)14-9/h3-6,14H,7-8H2,1-2H3. The van der Waals surface area contributed by atoms with Gasteiger partial charge in [0.2, 0.25) is 0 Å². The first-order chi connectivity index (χ1) is 7.22. The zero-order chi connectivity index (χ0) is 10.8. The molecule has 0 amide bonds. The summed E-state index contributed by atoms with van der Waals surface area (Å²) in [5.74, 6) is 0. The first-order valence-electron chi connectivity index (χ1n) is 5.03. The topological polar surface area (TPSA) is 19.0 Å². The summed E-state index contributed by atoms with van der Waals surface area (Å²) in [6, 6.07) is 8.93. The molecule has 0 aliphatic heterocycles. The van der Waals surface area contributed by atoms with Crippen LogP contribution < -0.4 is 0 Å². The predicted octanol–water partition coefficient (Wildman–Crippen LogP) is 3.10. The Hall–Kier alpha value is -0.990. The second-order valence-electron chi connectivity index (χ2n) is 3.91. The molecular weight excluding hydrogens is 208 g/mol. The molecule has 0 spiro atoms. The fourth-order valence-electron chi connectivity index (χ4n) is 1.85. The van der Waals surface area contributed by atoms with Crippen molar-refractivity contribution in [2.75, 3.05) is 13.1 Å². The zero-order valence-corrected chi connectivity index (χ0v) is 9.80. The fraction of sp³-hybridized carbons (Fsp3) is 0.333. The van der Waals surface area contributed by atoms with Gasteiger partial charge in [0, 0.05) is 23.1 Å². The van der Waals surface area contributed by atoms with E-state index in [-0.39, 0.29) is 0 Å². The molecule has 2 rings (SSSR count). The first-order valence-corrected chi connectivity index (χ1v) is 5.56. The molecule has 1 aromatic carbocycles. The van der Waals surface area contributed by atoms with E-state index in [2.05, 4.69) is 35.0 Å². The maximum atomic E-state index is 5.79. The number of nitrogens with one attached hydrogen (secondary N) is 1. The van der Waals surface area contributed by atoms with Crippen molar-refractivity contribution < 1.29 is 0 Å². The van der Waals surface area contributed by atoms with Crippen LogP contribution in [-0.4, -0.2) is 22.9 Å². The molecule has 0 unspecified atom stereocenters. The van der Waals surface area contributed by atoms with Crippen LogP contribution in [0.3, 0.4) is 0 Å². The molecule has 0 aliphatic rings. The van der Waals surface area contributed by atoms with Gasteiger partial charge >= 0.3 is 0 Å². The lowest BCUT2D eigenvalue weighted by atomic mass is 10.1. The van der Waals surface area contributed by atoms with Gasteiger partial charge in [0.25, 0.3) is 0 Å².